The summed E-state index contributed by atoms with van der Waals surface area (Å²) in [6.07, 6.45) is 3.79. The van der Waals surface area contributed by atoms with E-state index in [2.05, 4.69) is 194 Å². The average molecular weight is 2660 g/mol. The van der Waals surface area contributed by atoms with Crippen molar-refractivity contribution >= 4 is 233 Å². The van der Waals surface area contributed by atoms with Crippen LogP contribution in [0.5, 0.6) is 0 Å². The summed E-state index contributed by atoms with van der Waals surface area (Å²) in [4.78, 5) is 204. The third-order valence-electron chi connectivity index (χ3n) is 24.2. The molecule has 0 saturated carbocycles. The van der Waals surface area contributed by atoms with Crippen molar-refractivity contribution in [3.63, 3.8) is 0 Å². The largest absolute Gasteiger partial charge is 0.464 e. The Kier molecular flexibility index (Phi) is 62.0. The Bertz CT molecular complexity index is 3730. The van der Waals surface area contributed by atoms with Crippen LogP contribution in [0.25, 0.3) is 0 Å². The molecule has 0 aliphatic carbocycles. The Morgan fingerprint density at radius 2 is 0.538 bits per heavy atom. The molecular weight excluding hydrogens is 2490 g/mol. The Morgan fingerprint density at radius 3 is 0.786 bits per heavy atom. The summed E-state index contributed by atoms with van der Waals surface area (Å²) in [6.45, 7) is 34.4. The first-order valence-corrected chi connectivity index (χ1v) is 56.1. The van der Waals surface area contributed by atoms with Crippen LogP contribution in [-0.4, -0.2) is 313 Å². The highest BCUT2D eigenvalue weighted by Gasteiger charge is 2.48. The number of nitrogens with two attached hydrogens (primary N) is 1. The molecule has 6 amide bonds. The van der Waals surface area contributed by atoms with Crippen LogP contribution in [0.2, 0.25) is 0 Å². The van der Waals surface area contributed by atoms with E-state index in [1.54, 1.807) is 41.5 Å². The number of halogens is 9. The van der Waals surface area contributed by atoms with E-state index in [1.807, 2.05) is 41.5 Å². The van der Waals surface area contributed by atoms with Crippen molar-refractivity contribution in [2.45, 2.75) is 350 Å². The Labute approximate surface area is 934 Å². The molecular formula is C98H167Br9N8O30. The molecule has 47 heteroatoms. The smallest absolute Gasteiger partial charge is 0.322 e. The molecule has 0 aromatic rings. The predicted molar refractivity (Wildman–Crippen MR) is 581 cm³/mol. The number of amides is 6. The van der Waals surface area contributed by atoms with Gasteiger partial charge in [-0.1, -0.05) is 199 Å². The van der Waals surface area contributed by atoms with Crippen molar-refractivity contribution < 1.29 is 143 Å². The lowest BCUT2D eigenvalue weighted by Crippen LogP contribution is -2.56. The molecule has 1 atom stereocenters. The van der Waals surface area contributed by atoms with E-state index in [4.69, 9.17) is 72.0 Å². The van der Waals surface area contributed by atoms with Gasteiger partial charge in [0, 0.05) is 94.7 Å². The second-order valence-corrected chi connectivity index (χ2v) is 59.8. The molecule has 38 nitrogen and oxygen atoms in total. The van der Waals surface area contributed by atoms with Crippen molar-refractivity contribution in [1.29, 1.82) is 0 Å². The molecule has 0 rings (SSSR count). The highest BCUT2D eigenvalue weighted by Crippen LogP contribution is 2.40. The molecule has 0 radical (unpaired) electrons. The quantitative estimate of drug-likeness (QED) is 0.0118. The first kappa shape index (κ1) is 141. The molecule has 0 spiro atoms. The van der Waals surface area contributed by atoms with Gasteiger partial charge in [0.05, 0.1) is 47.3 Å². The van der Waals surface area contributed by atoms with Crippen molar-refractivity contribution in [3.8, 4) is 0 Å². The SMILES string of the molecule is CCC(N)(CC)CCOC(CC)(CC)CCC(=O)NC(CC)(CC)CCOC(CC)(CC)CC(CNC(=O)CCNC(=O)COCC(COC(=O)C(C)(C)Br)(COC(=O)C(C)(C)Br)COC(=O)C(C)(C)Br)(CNC(=O)CCNC(=O)COCC(COC(=O)C(C)(C)Br)(COC(=O)C(C)(C)Br)COC(=O)C(C)(C)Br)CNC(O)CCNC(=O)COCC(COC(=O)C(C)(C)Br)(COC(=O)C(C)(C)Br)COC(=O)C(C)(C)Br. The van der Waals surface area contributed by atoms with Crippen LogP contribution in [0.4, 0.5) is 0 Å². The predicted octanol–water partition coefficient (Wildman–Crippen LogP) is 13.4. The highest BCUT2D eigenvalue weighted by molar-refractivity contribution is 9.11. The minimum Gasteiger partial charge on any atom is -0.464 e. The summed E-state index contributed by atoms with van der Waals surface area (Å²) >= 11 is 29.6. The highest BCUT2D eigenvalue weighted by atomic mass is 79.9. The van der Waals surface area contributed by atoms with E-state index in [-0.39, 0.29) is 89.4 Å². The lowest BCUT2D eigenvalue weighted by Gasteiger charge is -2.44. The maximum Gasteiger partial charge on any atom is 0.322 e. The van der Waals surface area contributed by atoms with Gasteiger partial charge in [-0.3, -0.25) is 77.2 Å². The molecule has 10 N–H and O–H groups in total. The van der Waals surface area contributed by atoms with Crippen LogP contribution in [-0.2, 0) is 138 Å². The standard InChI is InChI=1S/C98H167Br9N8O30/c1-27-95(108,28-2)40-45-144-97(31-5,32-6)39-35-69(119)115-96(29-3,30-4)41-46-145-98(33-7,34-8)50-91(51-112-66(116)36-42-109-70(120)47-132-54-92(57-135-73(123)82(9,10)99,58-136-74(124)83(11,12)100)59-137-75(125)84(13,14)101,52-113-67(117)37-43-110-71(121)48-133-55-93(60-138-76(126)85(15,16)102,61-139-77(127)86(17,18)103)62-140-78(128)87(19,20)104)53-114-68(118)38-44-111-72(122)49-134-56-94(63-141-79(129)88(21,22)105,64-142-80(130)89(23,24)106)65-143-81(131)90(25,26)107/h66,112,116H,27-65,108H2,1-26H3,(H,109,120)(H,110,121)(H,111,122)(H,113,117)(H,114,118)(H,115,119). The summed E-state index contributed by atoms with van der Waals surface area (Å²) in [6, 6.07) is 0. The maximum absolute atomic E-state index is 14.6. The monoisotopic (exact) mass is 2650 g/mol. The number of rotatable bonds is 77. The minimum absolute atomic E-state index is 0.0111. The van der Waals surface area contributed by atoms with Gasteiger partial charge < -0.3 is 109 Å². The van der Waals surface area contributed by atoms with Crippen molar-refractivity contribution in [1.82, 2.24) is 37.2 Å². The number of hydrogen-bond donors (Lipinski definition) is 9. The van der Waals surface area contributed by atoms with Gasteiger partial charge in [-0.15, -0.1) is 0 Å². The van der Waals surface area contributed by atoms with E-state index in [0.29, 0.717) is 64.4 Å². The van der Waals surface area contributed by atoms with Crippen LogP contribution < -0.4 is 43.0 Å². The second-order valence-electron chi connectivity index (χ2n) is 42.0. The summed E-state index contributed by atoms with van der Waals surface area (Å²) in [5, 5.41) is 32.7. The fourth-order valence-corrected chi connectivity index (χ4v) is 14.5. The summed E-state index contributed by atoms with van der Waals surface area (Å²) in [5.41, 5.74) is -2.36. The normalized spacial score (nSPS) is 13.4. The molecule has 0 aromatic heterocycles. The second kappa shape index (κ2) is 63.8. The molecule has 0 saturated heterocycles. The molecule has 0 bridgehead atoms. The van der Waals surface area contributed by atoms with E-state index in [9.17, 15) is 77.0 Å². The zero-order valence-corrected chi connectivity index (χ0v) is 104. The number of nitrogens with one attached hydrogen (secondary N) is 7. The number of aliphatic hydroxyl groups excluding tert-OH is 1. The molecule has 842 valence electrons. The van der Waals surface area contributed by atoms with E-state index in [0.717, 1.165) is 12.8 Å². The van der Waals surface area contributed by atoms with Crippen LogP contribution in [0, 0.1) is 21.7 Å². The van der Waals surface area contributed by atoms with Crippen molar-refractivity contribution in [3.05, 3.63) is 0 Å². The lowest BCUT2D eigenvalue weighted by atomic mass is 9.74. The summed E-state index contributed by atoms with van der Waals surface area (Å²) < 4.78 is 72.1. The van der Waals surface area contributed by atoms with Crippen LogP contribution in [0.3, 0.4) is 0 Å². The van der Waals surface area contributed by atoms with Crippen LogP contribution in [0.1, 0.15) is 283 Å². The van der Waals surface area contributed by atoms with Gasteiger partial charge in [0.1, 0.15) is 124 Å². The first-order chi connectivity index (χ1) is 66.3. The Balaban J connectivity index is 8.42. The Morgan fingerprint density at radius 1 is 0.283 bits per heavy atom. The molecule has 1 unspecified atom stereocenters. The van der Waals surface area contributed by atoms with Crippen LogP contribution >= 0.6 is 143 Å². The molecule has 0 aliphatic heterocycles. The van der Waals surface area contributed by atoms with E-state index >= 15 is 0 Å². The van der Waals surface area contributed by atoms with Crippen molar-refractivity contribution in [2.24, 2.45) is 27.4 Å². The van der Waals surface area contributed by atoms with E-state index < -0.39 is 266 Å². The number of carbonyl (C=O) groups is 15. The molecule has 0 heterocycles. The zero-order valence-electron chi connectivity index (χ0n) is 89.9. The third-order valence-corrected chi connectivity index (χ3v) is 27.2. The van der Waals surface area contributed by atoms with Gasteiger partial charge in [0.15, 0.2) is 0 Å². The summed E-state index contributed by atoms with van der Waals surface area (Å²) in [7, 11) is 0. The lowest BCUT2D eigenvalue weighted by molar-refractivity contribution is -0.172. The average Bonchev–Trinajstić information content (AvgIpc) is 0.816. The maximum atomic E-state index is 14.6. The van der Waals surface area contributed by atoms with Crippen molar-refractivity contribution in [2.75, 3.05) is 152 Å². The summed E-state index contributed by atoms with van der Waals surface area (Å²) in [5.74, 6) is -10.2. The fraction of sp³-hybridized carbons (Fsp3) is 0.847. The molecule has 145 heavy (non-hydrogen) atoms. The number of ether oxygens (including phenoxy) is 14. The minimum atomic E-state index is -1.60. The van der Waals surface area contributed by atoms with Crippen LogP contribution in [0.15, 0.2) is 0 Å². The van der Waals surface area contributed by atoms with Gasteiger partial charge >= 0.3 is 53.7 Å². The first-order valence-electron chi connectivity index (χ1n) is 49.0. The van der Waals surface area contributed by atoms with Gasteiger partial charge in [-0.25, -0.2) is 0 Å². The molecule has 0 aromatic carbocycles. The number of alkyl halides is 9. The fourth-order valence-electron chi connectivity index (χ4n) is 13.4. The number of aliphatic hydroxyl groups is 1. The molecule has 0 aliphatic rings. The van der Waals surface area contributed by atoms with Gasteiger partial charge in [-0.2, -0.15) is 0 Å². The molecule has 0 fully saturated rings. The number of carbonyl (C=O) groups excluding carboxylic acids is 15. The van der Waals surface area contributed by atoms with Gasteiger partial charge in [0.25, 0.3) is 0 Å². The van der Waals surface area contributed by atoms with E-state index in [1.165, 1.54) is 83.1 Å². The Hall–Kier alpha value is -3.95. The third kappa shape index (κ3) is 56.1. The van der Waals surface area contributed by atoms with Gasteiger partial charge in [-0.05, 0) is 202 Å². The topological polar surface area (TPSA) is 516 Å². The van der Waals surface area contributed by atoms with Gasteiger partial charge in [0.2, 0.25) is 35.4 Å². The number of esters is 9. The number of hydrogen-bond acceptors (Lipinski definition) is 32. The zero-order chi connectivity index (χ0) is 112.